The molecule has 2 aromatic carbocycles. The van der Waals surface area contributed by atoms with E-state index < -0.39 is 11.9 Å². The highest BCUT2D eigenvalue weighted by molar-refractivity contribution is 7.99. The molecule has 0 fully saturated rings. The third-order valence-corrected chi connectivity index (χ3v) is 6.58. The van der Waals surface area contributed by atoms with Crippen LogP contribution < -0.4 is 10.2 Å². The lowest BCUT2D eigenvalue weighted by atomic mass is 10.1. The molecule has 0 aliphatic carbocycles. The zero-order chi connectivity index (χ0) is 22.1. The molecule has 0 bridgehead atoms. The maximum atomic E-state index is 13.2. The van der Waals surface area contributed by atoms with Gasteiger partial charge in [-0.05, 0) is 17.7 Å². The first-order chi connectivity index (χ1) is 15.6. The van der Waals surface area contributed by atoms with Crippen LogP contribution in [0, 0.1) is 0 Å². The van der Waals surface area contributed by atoms with Gasteiger partial charge in [0.25, 0.3) is 5.91 Å². The number of nitrogens with one attached hydrogen (secondary N) is 1. The van der Waals surface area contributed by atoms with E-state index in [9.17, 15) is 9.59 Å². The van der Waals surface area contributed by atoms with Crippen molar-refractivity contribution in [1.82, 2.24) is 15.5 Å². The number of pyridine rings is 1. The van der Waals surface area contributed by atoms with Crippen LogP contribution in [-0.4, -0.2) is 40.8 Å². The zero-order valence-corrected chi connectivity index (χ0v) is 18.1. The fourth-order valence-corrected chi connectivity index (χ4v) is 4.94. The molecule has 33 heavy (non-hydrogen) atoms. The summed E-state index contributed by atoms with van der Waals surface area (Å²) in [6, 6.07) is 16.6. The van der Waals surface area contributed by atoms with Crippen molar-refractivity contribution < 1.29 is 14.1 Å². The number of likely N-dealkylation sites (N-methyl/N-ethyl adjacent to an activating group) is 1. The van der Waals surface area contributed by atoms with Gasteiger partial charge in [-0.2, -0.15) is 0 Å². The van der Waals surface area contributed by atoms with Gasteiger partial charge in [-0.15, -0.1) is 11.8 Å². The first-order valence-corrected chi connectivity index (χ1v) is 11.2. The molecule has 0 radical (unpaired) electrons. The second kappa shape index (κ2) is 9.46. The number of anilines is 1. The number of fused-ring (bicyclic) bond motifs is 3. The van der Waals surface area contributed by atoms with Gasteiger partial charge in [0.15, 0.2) is 5.69 Å². The highest BCUT2D eigenvalue weighted by Crippen LogP contribution is 2.39. The molecule has 1 aliphatic heterocycles. The normalized spacial score (nSPS) is 15.5. The van der Waals surface area contributed by atoms with Gasteiger partial charge in [-0.3, -0.25) is 14.6 Å². The molecule has 0 unspecified atom stereocenters. The fraction of sp³-hybridized carbons (Fsp3) is 0.200. The van der Waals surface area contributed by atoms with Gasteiger partial charge >= 0.3 is 0 Å². The Labute approximate surface area is 196 Å². The molecule has 0 saturated carbocycles. The third-order valence-electron chi connectivity index (χ3n) is 5.44. The third kappa shape index (κ3) is 4.47. The van der Waals surface area contributed by atoms with Crippen molar-refractivity contribution >= 4 is 40.0 Å². The van der Waals surface area contributed by atoms with E-state index in [1.54, 1.807) is 42.2 Å². The molecule has 0 spiro atoms. The smallest absolute Gasteiger partial charge is 0.274 e. The fourth-order valence-electron chi connectivity index (χ4n) is 3.82. The van der Waals surface area contributed by atoms with E-state index in [1.165, 1.54) is 0 Å². The molecular formula is C25H24N4O3S. The second-order valence-electron chi connectivity index (χ2n) is 7.58. The minimum atomic E-state index is -0.684. The Bertz CT molecular complexity index is 1310. The van der Waals surface area contributed by atoms with Crippen molar-refractivity contribution in [2.45, 2.75) is 24.8 Å². The Morgan fingerprint density at radius 1 is 1.21 bits per heavy atom. The molecule has 4 aromatic rings. The van der Waals surface area contributed by atoms with E-state index in [2.05, 4.69) is 15.5 Å². The number of nitrogens with zero attached hydrogens (tertiary/aromatic N) is 3. The molecule has 1 aliphatic rings. The van der Waals surface area contributed by atoms with Crippen LogP contribution in [0.4, 0.5) is 5.69 Å². The Hall–Kier alpha value is -3.65. The Morgan fingerprint density at radius 3 is 2.85 bits per heavy atom. The van der Waals surface area contributed by atoms with Crippen LogP contribution in [0.2, 0.25) is 0 Å². The number of hydrogen-bond donors (Lipinski definition) is 1. The number of carbonyl (C=O) groups is 2. The number of amides is 2. The lowest BCUT2D eigenvalue weighted by Crippen LogP contribution is -2.48. The quantitative estimate of drug-likeness (QED) is 0.488. The van der Waals surface area contributed by atoms with E-state index in [1.807, 2.05) is 48.5 Å². The summed E-state index contributed by atoms with van der Waals surface area (Å²) in [5.41, 5.74) is 2.06. The Morgan fingerprint density at radius 2 is 2.03 bits per heavy atom. The highest BCUT2D eigenvalue weighted by Gasteiger charge is 2.31. The van der Waals surface area contributed by atoms with Crippen LogP contribution in [0.25, 0.3) is 10.8 Å². The van der Waals surface area contributed by atoms with Gasteiger partial charge in [-0.1, -0.05) is 49.0 Å². The predicted octanol–water partition coefficient (Wildman–Crippen LogP) is 4.32. The van der Waals surface area contributed by atoms with Crippen molar-refractivity contribution in [1.29, 1.82) is 0 Å². The number of hydrogen-bond acceptors (Lipinski definition) is 6. The van der Waals surface area contributed by atoms with Gasteiger partial charge in [-0.25, -0.2) is 0 Å². The van der Waals surface area contributed by atoms with E-state index in [-0.39, 0.29) is 19.0 Å². The largest absolute Gasteiger partial charge is 0.360 e. The van der Waals surface area contributed by atoms with E-state index in [0.717, 1.165) is 26.9 Å². The summed E-state index contributed by atoms with van der Waals surface area (Å²) in [5, 5.41) is 8.64. The van der Waals surface area contributed by atoms with Gasteiger partial charge in [0.2, 0.25) is 5.91 Å². The van der Waals surface area contributed by atoms with Crippen molar-refractivity contribution in [3.05, 3.63) is 84.0 Å². The van der Waals surface area contributed by atoms with Gasteiger partial charge < -0.3 is 14.7 Å². The number of carbonyl (C=O) groups excluding carboxylic acids is 2. The molecule has 8 heteroatoms. The van der Waals surface area contributed by atoms with Crippen molar-refractivity contribution in [2.75, 3.05) is 17.7 Å². The highest BCUT2D eigenvalue weighted by atomic mass is 32.2. The second-order valence-corrected chi connectivity index (χ2v) is 8.65. The van der Waals surface area contributed by atoms with Gasteiger partial charge in [0.05, 0.1) is 5.69 Å². The summed E-state index contributed by atoms with van der Waals surface area (Å²) >= 11 is 1.54. The van der Waals surface area contributed by atoms with Crippen LogP contribution in [0.3, 0.4) is 0 Å². The molecule has 0 saturated heterocycles. The summed E-state index contributed by atoms with van der Waals surface area (Å²) in [6.45, 7) is 0. The van der Waals surface area contributed by atoms with E-state index >= 15 is 0 Å². The number of benzene rings is 2. The predicted molar refractivity (Wildman–Crippen MR) is 130 cm³/mol. The molecule has 7 nitrogen and oxygen atoms in total. The van der Waals surface area contributed by atoms with Crippen molar-refractivity contribution in [3.63, 3.8) is 0 Å². The standard InChI is InChI=1S/C24H20N4O3S.CH4/c1-28-22-18-9-10-25-13-16(18)7-8-21(22)32-14-20(24(28)30)26-23(29)19-12-17(31-27-19)11-15-5-3-2-4-6-15;/h2-10,12-13,20H,11,14H2,1H3,(H,26,29);1H4/t20-;/m0./s1. The summed E-state index contributed by atoms with van der Waals surface area (Å²) in [7, 11) is 1.74. The summed E-state index contributed by atoms with van der Waals surface area (Å²) in [4.78, 5) is 32.8. The minimum Gasteiger partial charge on any atom is -0.360 e. The number of aromatic nitrogens is 2. The molecule has 5 rings (SSSR count). The molecule has 2 aromatic heterocycles. The maximum Gasteiger partial charge on any atom is 0.274 e. The molecule has 3 heterocycles. The topological polar surface area (TPSA) is 88.3 Å². The molecule has 1 N–H and O–H groups in total. The average molecular weight is 461 g/mol. The van der Waals surface area contributed by atoms with Crippen molar-refractivity contribution in [2.24, 2.45) is 0 Å². The van der Waals surface area contributed by atoms with Crippen LogP contribution in [0.1, 0.15) is 29.2 Å². The minimum absolute atomic E-state index is 0. The van der Waals surface area contributed by atoms with E-state index in [0.29, 0.717) is 17.9 Å². The van der Waals surface area contributed by atoms with Crippen LogP contribution in [0.15, 0.2) is 76.4 Å². The molecule has 2 amide bonds. The summed E-state index contributed by atoms with van der Waals surface area (Å²) in [5.74, 6) is 0.405. The van der Waals surface area contributed by atoms with Gasteiger partial charge in [0.1, 0.15) is 11.8 Å². The Balaban J connectivity index is 0.00000259. The molecule has 168 valence electrons. The van der Waals surface area contributed by atoms with Crippen molar-refractivity contribution in [3.8, 4) is 0 Å². The Kier molecular flexibility index (Phi) is 6.46. The van der Waals surface area contributed by atoms with E-state index in [4.69, 9.17) is 4.52 Å². The number of thioether (sulfide) groups is 1. The molecular weight excluding hydrogens is 436 g/mol. The first-order valence-electron chi connectivity index (χ1n) is 10.2. The summed E-state index contributed by atoms with van der Waals surface area (Å²) in [6.07, 6.45) is 4.03. The first kappa shape index (κ1) is 22.5. The number of rotatable bonds is 4. The summed E-state index contributed by atoms with van der Waals surface area (Å²) < 4.78 is 5.33. The maximum absolute atomic E-state index is 13.2. The van der Waals surface area contributed by atoms with Gasteiger partial charge in [0, 0.05) is 53.3 Å². The monoisotopic (exact) mass is 460 g/mol. The van der Waals surface area contributed by atoms with Crippen LogP contribution in [-0.2, 0) is 11.2 Å². The zero-order valence-electron chi connectivity index (χ0n) is 17.3. The van der Waals surface area contributed by atoms with Crippen LogP contribution in [0.5, 0.6) is 0 Å². The SMILES string of the molecule is C.CN1C(=O)[C@@H](NC(=O)c2cc(Cc3ccccc3)on2)CSc2ccc3cnccc3c21. The van der Waals surface area contributed by atoms with Crippen LogP contribution >= 0.6 is 11.8 Å². The molecule has 1 atom stereocenters. The lowest BCUT2D eigenvalue weighted by molar-refractivity contribution is -0.119. The lowest BCUT2D eigenvalue weighted by Gasteiger charge is -2.22. The average Bonchev–Trinajstić information content (AvgIpc) is 3.25.